The van der Waals surface area contributed by atoms with E-state index < -0.39 is 12.0 Å². The molecule has 0 spiro atoms. The average Bonchev–Trinajstić information content (AvgIpc) is 2.78. The summed E-state index contributed by atoms with van der Waals surface area (Å²) in [6, 6.07) is 4.35. The van der Waals surface area contributed by atoms with Crippen molar-refractivity contribution in [2.24, 2.45) is 5.92 Å². The maximum atomic E-state index is 11.8. The molecule has 2 N–H and O–H groups in total. The largest absolute Gasteiger partial charge is 0.480 e. The number of hydrogen-bond donors (Lipinski definition) is 2. The Bertz CT molecular complexity index is 463. The Morgan fingerprint density at radius 3 is 2.84 bits per heavy atom. The van der Waals surface area contributed by atoms with Gasteiger partial charge in [0.05, 0.1) is 0 Å². The molecule has 1 aliphatic rings. The van der Waals surface area contributed by atoms with E-state index in [9.17, 15) is 14.7 Å². The van der Waals surface area contributed by atoms with E-state index in [4.69, 9.17) is 5.11 Å². The molecule has 6 heteroatoms. The highest BCUT2D eigenvalue weighted by Crippen LogP contribution is 2.21. The van der Waals surface area contributed by atoms with Crippen LogP contribution in [0.15, 0.2) is 24.4 Å². The smallest absolute Gasteiger partial charge is 0.326 e. The number of aliphatic hydroxyl groups is 1. The lowest BCUT2D eigenvalue weighted by Gasteiger charge is -2.24. The van der Waals surface area contributed by atoms with E-state index in [2.05, 4.69) is 4.98 Å². The fraction of sp³-hybridized carbons (Fsp3) is 0.462. The summed E-state index contributed by atoms with van der Waals surface area (Å²) in [6.07, 6.45) is 1.99. The van der Waals surface area contributed by atoms with Crippen molar-refractivity contribution >= 4 is 11.9 Å². The van der Waals surface area contributed by atoms with Crippen molar-refractivity contribution in [3.8, 4) is 0 Å². The highest BCUT2D eigenvalue weighted by molar-refractivity contribution is 5.85. The quantitative estimate of drug-likeness (QED) is 0.776. The van der Waals surface area contributed by atoms with Crippen LogP contribution in [0.1, 0.15) is 12.1 Å². The zero-order chi connectivity index (χ0) is 13.8. The zero-order valence-corrected chi connectivity index (χ0v) is 10.4. The molecule has 19 heavy (non-hydrogen) atoms. The van der Waals surface area contributed by atoms with Gasteiger partial charge in [-0.3, -0.25) is 9.78 Å². The molecule has 0 saturated carbocycles. The van der Waals surface area contributed by atoms with Gasteiger partial charge in [-0.05, 0) is 12.1 Å². The average molecular weight is 264 g/mol. The van der Waals surface area contributed by atoms with Gasteiger partial charge in [0.15, 0.2) is 0 Å². The fourth-order valence-corrected chi connectivity index (χ4v) is 2.28. The maximum absolute atomic E-state index is 11.8. The first-order valence-corrected chi connectivity index (χ1v) is 6.15. The summed E-state index contributed by atoms with van der Waals surface area (Å²) in [5.41, 5.74) is 0.634. The fourth-order valence-electron chi connectivity index (χ4n) is 2.28. The van der Waals surface area contributed by atoms with Crippen molar-refractivity contribution < 1.29 is 19.8 Å². The molecule has 0 bridgehead atoms. The third-order valence-corrected chi connectivity index (χ3v) is 3.29. The molecular weight excluding hydrogens is 248 g/mol. The number of amides is 1. The third-order valence-electron chi connectivity index (χ3n) is 3.29. The first kappa shape index (κ1) is 13.5. The van der Waals surface area contributed by atoms with Crippen LogP contribution in [-0.4, -0.2) is 51.2 Å². The highest BCUT2D eigenvalue weighted by atomic mass is 16.4. The number of hydrogen-bond acceptors (Lipinski definition) is 4. The van der Waals surface area contributed by atoms with Crippen LogP contribution in [0.5, 0.6) is 0 Å². The number of aliphatic hydroxyl groups excluding tert-OH is 1. The predicted molar refractivity (Wildman–Crippen MR) is 66.3 cm³/mol. The molecule has 1 aromatic rings. The number of likely N-dealkylation sites (tertiary alicyclic amines) is 1. The summed E-state index contributed by atoms with van der Waals surface area (Å²) in [4.78, 5) is 28.6. The van der Waals surface area contributed by atoms with Crippen LogP contribution < -0.4 is 0 Å². The molecule has 0 aliphatic carbocycles. The van der Waals surface area contributed by atoms with E-state index >= 15 is 0 Å². The molecule has 2 heterocycles. The summed E-state index contributed by atoms with van der Waals surface area (Å²) < 4.78 is 0. The summed E-state index contributed by atoms with van der Waals surface area (Å²) in [5.74, 6) is -1.43. The Balaban J connectivity index is 2.13. The van der Waals surface area contributed by atoms with Gasteiger partial charge in [-0.25, -0.2) is 4.79 Å². The van der Waals surface area contributed by atoms with Gasteiger partial charge in [0.25, 0.3) is 0 Å². The van der Waals surface area contributed by atoms with Gasteiger partial charge >= 0.3 is 5.97 Å². The van der Waals surface area contributed by atoms with E-state index in [1.807, 2.05) is 0 Å². The molecule has 1 unspecified atom stereocenters. The van der Waals surface area contributed by atoms with Crippen LogP contribution in [0.3, 0.4) is 0 Å². The maximum Gasteiger partial charge on any atom is 0.326 e. The highest BCUT2D eigenvalue weighted by Gasteiger charge is 2.37. The minimum absolute atomic E-state index is 0.0990. The number of pyridine rings is 1. The van der Waals surface area contributed by atoms with Gasteiger partial charge in [0.2, 0.25) is 5.91 Å². The number of nitrogens with zero attached hydrogens (tertiary/aromatic N) is 2. The van der Waals surface area contributed by atoms with E-state index in [1.54, 1.807) is 24.4 Å². The summed E-state index contributed by atoms with van der Waals surface area (Å²) >= 11 is 0. The van der Waals surface area contributed by atoms with Gasteiger partial charge in [-0.15, -0.1) is 0 Å². The van der Waals surface area contributed by atoms with Crippen LogP contribution >= 0.6 is 0 Å². The minimum atomic E-state index is -1.04. The van der Waals surface area contributed by atoms with Crippen molar-refractivity contribution in [3.63, 3.8) is 0 Å². The lowest BCUT2D eigenvalue weighted by Crippen LogP contribution is -2.44. The SMILES string of the molecule is O=C(O)[C@H](Cc1ccccn1)N1CC(CO)CC1=O. The Labute approximate surface area is 110 Å². The number of rotatable bonds is 5. The topological polar surface area (TPSA) is 90.7 Å². The molecule has 1 aromatic heterocycles. The molecule has 1 saturated heterocycles. The number of aliphatic carboxylic acids is 1. The van der Waals surface area contributed by atoms with E-state index in [-0.39, 0.29) is 31.3 Å². The van der Waals surface area contributed by atoms with Gasteiger partial charge < -0.3 is 15.1 Å². The van der Waals surface area contributed by atoms with Crippen LogP contribution in [0.4, 0.5) is 0 Å². The van der Waals surface area contributed by atoms with Gasteiger partial charge in [0.1, 0.15) is 6.04 Å². The molecule has 6 nitrogen and oxygen atoms in total. The van der Waals surface area contributed by atoms with Gasteiger partial charge in [-0.2, -0.15) is 0 Å². The number of carbonyl (C=O) groups excluding carboxylic acids is 1. The summed E-state index contributed by atoms with van der Waals surface area (Å²) in [7, 11) is 0. The Kier molecular flexibility index (Phi) is 4.11. The minimum Gasteiger partial charge on any atom is -0.480 e. The van der Waals surface area contributed by atoms with Crippen LogP contribution in [0.25, 0.3) is 0 Å². The monoisotopic (exact) mass is 264 g/mol. The summed E-state index contributed by atoms with van der Waals surface area (Å²) in [6.45, 7) is 0.192. The molecule has 1 aliphatic heterocycles. The first-order chi connectivity index (χ1) is 9.11. The second kappa shape index (κ2) is 5.79. The molecule has 0 aromatic carbocycles. The molecule has 1 fully saturated rings. The van der Waals surface area contributed by atoms with Gasteiger partial charge in [-0.1, -0.05) is 6.07 Å². The van der Waals surface area contributed by atoms with Crippen molar-refractivity contribution in [1.82, 2.24) is 9.88 Å². The number of carboxylic acids is 1. The summed E-state index contributed by atoms with van der Waals surface area (Å²) in [5, 5.41) is 18.4. The first-order valence-electron chi connectivity index (χ1n) is 6.15. The molecule has 0 radical (unpaired) electrons. The Morgan fingerprint density at radius 2 is 2.32 bits per heavy atom. The van der Waals surface area contributed by atoms with E-state index in [1.165, 1.54) is 4.90 Å². The normalized spacial score (nSPS) is 20.6. The van der Waals surface area contributed by atoms with E-state index in [0.717, 1.165) is 0 Å². The molecule has 2 rings (SSSR count). The lowest BCUT2D eigenvalue weighted by molar-refractivity contribution is -0.148. The molecule has 1 amide bonds. The standard InChI is InChI=1S/C13H16N2O4/c16-8-9-5-12(17)15(7-9)11(13(18)19)6-10-3-1-2-4-14-10/h1-4,9,11,16H,5-8H2,(H,18,19)/t9?,11-/m0/s1. The third kappa shape index (κ3) is 3.08. The number of carboxylic acid groups (broad SMARTS) is 1. The van der Waals surface area contributed by atoms with Crippen LogP contribution in [-0.2, 0) is 16.0 Å². The lowest BCUT2D eigenvalue weighted by atomic mass is 10.1. The predicted octanol–water partition coefficient (Wildman–Crippen LogP) is -0.0819. The number of carbonyl (C=O) groups is 2. The second-order valence-electron chi connectivity index (χ2n) is 4.68. The Morgan fingerprint density at radius 1 is 1.53 bits per heavy atom. The van der Waals surface area contributed by atoms with Crippen LogP contribution in [0.2, 0.25) is 0 Å². The van der Waals surface area contributed by atoms with Crippen molar-refractivity contribution in [2.75, 3.05) is 13.2 Å². The van der Waals surface area contributed by atoms with E-state index in [0.29, 0.717) is 12.2 Å². The van der Waals surface area contributed by atoms with Crippen LogP contribution in [0, 0.1) is 5.92 Å². The zero-order valence-electron chi connectivity index (χ0n) is 10.4. The van der Waals surface area contributed by atoms with Crippen molar-refractivity contribution in [2.45, 2.75) is 18.9 Å². The van der Waals surface area contributed by atoms with Crippen molar-refractivity contribution in [1.29, 1.82) is 0 Å². The molecule has 2 atom stereocenters. The number of aromatic nitrogens is 1. The Hall–Kier alpha value is -1.95. The second-order valence-corrected chi connectivity index (χ2v) is 4.68. The molecule has 102 valence electrons. The molecular formula is C13H16N2O4. The van der Waals surface area contributed by atoms with Gasteiger partial charge in [0, 0.05) is 43.8 Å². The van der Waals surface area contributed by atoms with Crippen molar-refractivity contribution in [3.05, 3.63) is 30.1 Å².